The van der Waals surface area contributed by atoms with Crippen LogP contribution in [0.1, 0.15) is 24.4 Å². The van der Waals surface area contributed by atoms with E-state index in [1.54, 1.807) is 17.0 Å². The van der Waals surface area contributed by atoms with Crippen molar-refractivity contribution in [1.82, 2.24) is 4.90 Å². The van der Waals surface area contributed by atoms with Gasteiger partial charge in [-0.25, -0.2) is 0 Å². The van der Waals surface area contributed by atoms with Crippen LogP contribution in [0.2, 0.25) is 0 Å². The topological polar surface area (TPSA) is 33.5 Å². The zero-order chi connectivity index (χ0) is 11.4. The smallest absolute Gasteiger partial charge is 0.289 e. The fourth-order valence-electron chi connectivity index (χ4n) is 1.26. The SMILES string of the molecule is CC(C)N(CCCl)C(=O)c1ccc(Br)o1. The first-order valence-corrected chi connectivity index (χ1v) is 6.01. The van der Waals surface area contributed by atoms with Crippen LogP contribution in [-0.2, 0) is 0 Å². The Labute approximate surface area is 103 Å². The van der Waals surface area contributed by atoms with Crippen molar-refractivity contribution in [3.05, 3.63) is 22.6 Å². The Morgan fingerprint density at radius 3 is 2.67 bits per heavy atom. The molecule has 0 aromatic carbocycles. The summed E-state index contributed by atoms with van der Waals surface area (Å²) in [5.74, 6) is 0.628. The number of hydrogen-bond acceptors (Lipinski definition) is 2. The van der Waals surface area contributed by atoms with Crippen LogP contribution in [-0.4, -0.2) is 29.3 Å². The second-order valence-corrected chi connectivity index (χ2v) is 4.54. The van der Waals surface area contributed by atoms with Crippen LogP contribution in [0.25, 0.3) is 0 Å². The average molecular weight is 295 g/mol. The van der Waals surface area contributed by atoms with Crippen molar-refractivity contribution < 1.29 is 9.21 Å². The zero-order valence-electron chi connectivity index (χ0n) is 8.67. The maximum absolute atomic E-state index is 11.9. The third kappa shape index (κ3) is 3.24. The molecule has 0 saturated carbocycles. The van der Waals surface area contributed by atoms with Crippen LogP contribution in [0, 0.1) is 0 Å². The highest BCUT2D eigenvalue weighted by atomic mass is 79.9. The van der Waals surface area contributed by atoms with Crippen molar-refractivity contribution in [3.8, 4) is 0 Å². The van der Waals surface area contributed by atoms with Gasteiger partial charge in [-0.3, -0.25) is 4.79 Å². The molecule has 0 spiro atoms. The predicted octanol–water partition coefficient (Wildman–Crippen LogP) is 3.13. The summed E-state index contributed by atoms with van der Waals surface area (Å²) in [4.78, 5) is 13.6. The fourth-order valence-corrected chi connectivity index (χ4v) is 1.74. The second kappa shape index (κ2) is 5.56. The van der Waals surface area contributed by atoms with Crippen molar-refractivity contribution >= 4 is 33.4 Å². The summed E-state index contributed by atoms with van der Waals surface area (Å²) in [6.45, 7) is 4.42. The van der Waals surface area contributed by atoms with Crippen LogP contribution in [0.5, 0.6) is 0 Å². The summed E-state index contributed by atoms with van der Waals surface area (Å²) in [6, 6.07) is 3.46. The van der Waals surface area contributed by atoms with Gasteiger partial charge in [-0.1, -0.05) is 0 Å². The van der Waals surface area contributed by atoms with E-state index in [-0.39, 0.29) is 11.9 Å². The Bertz CT molecular complexity index is 338. The molecule has 1 aromatic heterocycles. The van der Waals surface area contributed by atoms with Gasteiger partial charge in [0.15, 0.2) is 10.4 Å². The molecule has 1 rings (SSSR count). The summed E-state index contributed by atoms with van der Waals surface area (Å²) in [7, 11) is 0. The van der Waals surface area contributed by atoms with Crippen molar-refractivity contribution in [2.45, 2.75) is 19.9 Å². The molecule has 0 unspecified atom stereocenters. The number of furan rings is 1. The number of carbonyl (C=O) groups excluding carboxylic acids is 1. The largest absolute Gasteiger partial charge is 0.444 e. The highest BCUT2D eigenvalue weighted by Crippen LogP contribution is 2.16. The normalized spacial score (nSPS) is 10.7. The van der Waals surface area contributed by atoms with Crippen LogP contribution in [0.15, 0.2) is 21.2 Å². The highest BCUT2D eigenvalue weighted by molar-refractivity contribution is 9.10. The molecule has 1 amide bonds. The van der Waals surface area contributed by atoms with Gasteiger partial charge in [0.25, 0.3) is 5.91 Å². The van der Waals surface area contributed by atoms with E-state index in [4.69, 9.17) is 16.0 Å². The average Bonchev–Trinajstić information content (AvgIpc) is 2.59. The van der Waals surface area contributed by atoms with Gasteiger partial charge in [0.1, 0.15) is 0 Å². The Balaban J connectivity index is 2.80. The zero-order valence-corrected chi connectivity index (χ0v) is 11.0. The Morgan fingerprint density at radius 1 is 1.60 bits per heavy atom. The molecule has 1 aromatic rings. The van der Waals surface area contributed by atoms with Gasteiger partial charge < -0.3 is 9.32 Å². The Morgan fingerprint density at radius 2 is 2.27 bits per heavy atom. The first-order chi connectivity index (χ1) is 7.06. The molecule has 5 heteroatoms. The number of alkyl halides is 1. The van der Waals surface area contributed by atoms with Crippen molar-refractivity contribution in [2.24, 2.45) is 0 Å². The quantitative estimate of drug-likeness (QED) is 0.799. The lowest BCUT2D eigenvalue weighted by atomic mass is 10.3. The summed E-state index contributed by atoms with van der Waals surface area (Å²) >= 11 is 8.81. The van der Waals surface area contributed by atoms with E-state index in [1.165, 1.54) is 0 Å². The molecule has 0 atom stereocenters. The summed E-state index contributed by atoms with van der Waals surface area (Å²) in [5.41, 5.74) is 0. The summed E-state index contributed by atoms with van der Waals surface area (Å²) < 4.78 is 5.76. The maximum atomic E-state index is 11.9. The molecule has 1 heterocycles. The Hall–Kier alpha value is -0.480. The van der Waals surface area contributed by atoms with Gasteiger partial charge in [-0.2, -0.15) is 0 Å². The molecular weight excluding hydrogens is 281 g/mol. The molecule has 0 aliphatic carbocycles. The molecule has 0 N–H and O–H groups in total. The van der Waals surface area contributed by atoms with Gasteiger partial charge in [-0.15, -0.1) is 11.6 Å². The summed E-state index contributed by atoms with van der Waals surface area (Å²) in [6.07, 6.45) is 0. The van der Waals surface area contributed by atoms with Crippen molar-refractivity contribution in [3.63, 3.8) is 0 Å². The number of halogens is 2. The number of carbonyl (C=O) groups is 1. The van der Waals surface area contributed by atoms with Crippen molar-refractivity contribution in [1.29, 1.82) is 0 Å². The molecule has 0 radical (unpaired) electrons. The first-order valence-electron chi connectivity index (χ1n) is 4.68. The first kappa shape index (κ1) is 12.6. The van der Waals surface area contributed by atoms with Gasteiger partial charge in [0.2, 0.25) is 0 Å². The Kier molecular flexibility index (Phi) is 4.67. The maximum Gasteiger partial charge on any atom is 0.289 e. The molecule has 3 nitrogen and oxygen atoms in total. The highest BCUT2D eigenvalue weighted by Gasteiger charge is 2.20. The van der Waals surface area contributed by atoms with E-state index in [1.807, 2.05) is 13.8 Å². The minimum absolute atomic E-state index is 0.111. The van der Waals surface area contributed by atoms with E-state index in [0.29, 0.717) is 22.9 Å². The molecule has 0 fully saturated rings. The number of hydrogen-bond donors (Lipinski definition) is 0. The van der Waals surface area contributed by atoms with E-state index >= 15 is 0 Å². The third-order valence-corrected chi connectivity index (χ3v) is 2.59. The van der Waals surface area contributed by atoms with Crippen molar-refractivity contribution in [2.75, 3.05) is 12.4 Å². The van der Waals surface area contributed by atoms with E-state index < -0.39 is 0 Å². The fraction of sp³-hybridized carbons (Fsp3) is 0.500. The monoisotopic (exact) mass is 293 g/mol. The molecule has 0 aliphatic heterocycles. The van der Waals surface area contributed by atoms with Crippen LogP contribution < -0.4 is 0 Å². The molecule has 15 heavy (non-hydrogen) atoms. The minimum atomic E-state index is -0.128. The van der Waals surface area contributed by atoms with E-state index in [0.717, 1.165) is 0 Å². The van der Waals surface area contributed by atoms with Gasteiger partial charge in [0, 0.05) is 18.5 Å². The number of amides is 1. The van der Waals surface area contributed by atoms with Gasteiger partial charge in [-0.05, 0) is 41.9 Å². The molecule has 0 bridgehead atoms. The number of nitrogens with zero attached hydrogens (tertiary/aromatic N) is 1. The standard InChI is InChI=1S/C10H13BrClNO2/c1-7(2)13(6-5-12)10(14)8-3-4-9(11)15-8/h3-4,7H,5-6H2,1-2H3. The minimum Gasteiger partial charge on any atom is -0.444 e. The van der Waals surface area contributed by atoms with Crippen LogP contribution in [0.3, 0.4) is 0 Å². The van der Waals surface area contributed by atoms with E-state index in [2.05, 4.69) is 15.9 Å². The van der Waals surface area contributed by atoms with Crippen LogP contribution >= 0.6 is 27.5 Å². The molecule has 0 saturated heterocycles. The lowest BCUT2D eigenvalue weighted by Gasteiger charge is -2.24. The van der Waals surface area contributed by atoms with Crippen LogP contribution in [0.4, 0.5) is 0 Å². The summed E-state index contributed by atoms with van der Waals surface area (Å²) in [5, 5.41) is 0. The molecular formula is C10H13BrClNO2. The van der Waals surface area contributed by atoms with Gasteiger partial charge >= 0.3 is 0 Å². The molecule has 84 valence electrons. The third-order valence-electron chi connectivity index (χ3n) is 1.99. The second-order valence-electron chi connectivity index (χ2n) is 3.39. The lowest BCUT2D eigenvalue weighted by molar-refractivity contribution is 0.0684. The van der Waals surface area contributed by atoms with Gasteiger partial charge in [0.05, 0.1) is 0 Å². The molecule has 0 aliphatic rings. The van der Waals surface area contributed by atoms with E-state index in [9.17, 15) is 4.79 Å². The predicted molar refractivity (Wildman–Crippen MR) is 63.3 cm³/mol. The lowest BCUT2D eigenvalue weighted by Crippen LogP contribution is -2.38. The number of rotatable bonds is 4.